The molecule has 1 fully saturated rings. The maximum Gasteiger partial charge on any atom is 0.254 e. The lowest BCUT2D eigenvalue weighted by Crippen LogP contribution is -2.46. The molecule has 0 aliphatic carbocycles. The standard InChI is InChI=1S/C18H22N4O3S/c1-2-17-19-12-14(13-20-17)18(23)21-15-8-10-22(11-9-15)26(24,25)16-6-4-3-5-7-16/h3-7,12-13,15H,2,8-11H2,1H3,(H,21,23). The lowest BCUT2D eigenvalue weighted by atomic mass is 10.1. The van der Waals surface area contributed by atoms with Gasteiger partial charge in [-0.3, -0.25) is 4.79 Å². The molecule has 1 aromatic heterocycles. The van der Waals surface area contributed by atoms with Crippen LogP contribution in [0.15, 0.2) is 47.6 Å². The number of nitrogens with zero attached hydrogens (tertiary/aromatic N) is 3. The molecule has 3 rings (SSSR count). The maximum atomic E-state index is 12.6. The molecule has 1 aromatic carbocycles. The number of carbonyl (C=O) groups excluding carboxylic acids is 1. The van der Waals surface area contributed by atoms with Crippen molar-refractivity contribution in [3.63, 3.8) is 0 Å². The molecule has 138 valence electrons. The van der Waals surface area contributed by atoms with Crippen molar-refractivity contribution in [1.29, 1.82) is 0 Å². The van der Waals surface area contributed by atoms with E-state index in [2.05, 4.69) is 15.3 Å². The number of carbonyl (C=O) groups is 1. The zero-order valence-electron chi connectivity index (χ0n) is 14.6. The van der Waals surface area contributed by atoms with Crippen molar-refractivity contribution >= 4 is 15.9 Å². The van der Waals surface area contributed by atoms with Crippen LogP contribution in [0.5, 0.6) is 0 Å². The first-order valence-electron chi connectivity index (χ1n) is 8.67. The fourth-order valence-electron chi connectivity index (χ4n) is 2.91. The number of nitrogens with one attached hydrogen (secondary N) is 1. The van der Waals surface area contributed by atoms with Crippen LogP contribution >= 0.6 is 0 Å². The monoisotopic (exact) mass is 374 g/mol. The summed E-state index contributed by atoms with van der Waals surface area (Å²) in [5.41, 5.74) is 0.418. The van der Waals surface area contributed by atoms with E-state index in [1.54, 1.807) is 30.3 Å². The first-order chi connectivity index (χ1) is 12.5. The van der Waals surface area contributed by atoms with Gasteiger partial charge in [0.05, 0.1) is 10.5 Å². The zero-order valence-corrected chi connectivity index (χ0v) is 15.4. The number of aromatic nitrogens is 2. The minimum atomic E-state index is -3.47. The van der Waals surface area contributed by atoms with Crippen molar-refractivity contribution in [2.45, 2.75) is 37.1 Å². The molecule has 2 aromatic rings. The van der Waals surface area contributed by atoms with Crippen molar-refractivity contribution in [3.05, 3.63) is 54.1 Å². The highest BCUT2D eigenvalue weighted by atomic mass is 32.2. The fraction of sp³-hybridized carbons (Fsp3) is 0.389. The highest BCUT2D eigenvalue weighted by molar-refractivity contribution is 7.89. The molecule has 1 N–H and O–H groups in total. The fourth-order valence-corrected chi connectivity index (χ4v) is 4.40. The summed E-state index contributed by atoms with van der Waals surface area (Å²) in [6.07, 6.45) is 4.92. The Morgan fingerprint density at radius 2 is 1.77 bits per heavy atom. The molecule has 2 heterocycles. The third kappa shape index (κ3) is 4.08. The van der Waals surface area contributed by atoms with Gasteiger partial charge in [0.1, 0.15) is 5.82 Å². The Labute approximate surface area is 153 Å². The molecule has 26 heavy (non-hydrogen) atoms. The van der Waals surface area contributed by atoms with Crippen LogP contribution < -0.4 is 5.32 Å². The SMILES string of the molecule is CCc1ncc(C(=O)NC2CCN(S(=O)(=O)c3ccccc3)CC2)cn1. The summed E-state index contributed by atoms with van der Waals surface area (Å²) in [5.74, 6) is 0.470. The lowest BCUT2D eigenvalue weighted by molar-refractivity contribution is 0.0923. The molecule has 0 radical (unpaired) electrons. The van der Waals surface area contributed by atoms with E-state index in [0.717, 1.165) is 6.42 Å². The Kier molecular flexibility index (Phi) is 5.63. The third-order valence-corrected chi connectivity index (χ3v) is 6.37. The van der Waals surface area contributed by atoms with Gasteiger partial charge in [-0.1, -0.05) is 25.1 Å². The third-order valence-electron chi connectivity index (χ3n) is 4.45. The molecular weight excluding hydrogens is 352 g/mol. The van der Waals surface area contributed by atoms with Gasteiger partial charge in [0, 0.05) is 37.9 Å². The van der Waals surface area contributed by atoms with Gasteiger partial charge in [-0.25, -0.2) is 18.4 Å². The number of sulfonamides is 1. The minimum Gasteiger partial charge on any atom is -0.349 e. The lowest BCUT2D eigenvalue weighted by Gasteiger charge is -2.31. The van der Waals surface area contributed by atoms with Crippen molar-refractivity contribution in [2.75, 3.05) is 13.1 Å². The normalized spacial score (nSPS) is 16.3. The summed E-state index contributed by atoms with van der Waals surface area (Å²) < 4.78 is 26.7. The summed E-state index contributed by atoms with van der Waals surface area (Å²) >= 11 is 0. The van der Waals surface area contributed by atoms with Crippen LogP contribution in [0.2, 0.25) is 0 Å². The van der Waals surface area contributed by atoms with Crippen LogP contribution in [-0.4, -0.2) is 47.7 Å². The van der Waals surface area contributed by atoms with Crippen LogP contribution in [0.4, 0.5) is 0 Å². The number of hydrogen-bond acceptors (Lipinski definition) is 5. The Hall–Kier alpha value is -2.32. The van der Waals surface area contributed by atoms with Crippen molar-refractivity contribution < 1.29 is 13.2 Å². The Morgan fingerprint density at radius 3 is 2.35 bits per heavy atom. The number of benzene rings is 1. The second kappa shape index (κ2) is 7.92. The summed E-state index contributed by atoms with van der Waals surface area (Å²) in [6, 6.07) is 8.36. The summed E-state index contributed by atoms with van der Waals surface area (Å²) in [7, 11) is -3.47. The van der Waals surface area contributed by atoms with Crippen LogP contribution in [0.1, 0.15) is 35.9 Å². The van der Waals surface area contributed by atoms with E-state index < -0.39 is 10.0 Å². The predicted octanol–water partition coefficient (Wildman–Crippen LogP) is 1.62. The maximum absolute atomic E-state index is 12.6. The molecular formula is C18H22N4O3S. The molecule has 1 aliphatic rings. The van der Waals surface area contributed by atoms with Crippen molar-refractivity contribution in [2.24, 2.45) is 0 Å². The molecule has 0 unspecified atom stereocenters. The number of hydrogen-bond donors (Lipinski definition) is 1. The van der Waals surface area contributed by atoms with Gasteiger partial charge < -0.3 is 5.32 Å². The average Bonchev–Trinajstić information content (AvgIpc) is 2.69. The Morgan fingerprint density at radius 1 is 1.15 bits per heavy atom. The number of aryl methyl sites for hydroxylation is 1. The van der Waals surface area contributed by atoms with Gasteiger partial charge in [-0.2, -0.15) is 4.31 Å². The van der Waals surface area contributed by atoms with E-state index in [1.165, 1.54) is 16.7 Å². The van der Waals surface area contributed by atoms with E-state index in [-0.39, 0.29) is 11.9 Å². The molecule has 7 nitrogen and oxygen atoms in total. The number of amides is 1. The predicted molar refractivity (Wildman–Crippen MR) is 97.1 cm³/mol. The van der Waals surface area contributed by atoms with Gasteiger partial charge in [0.15, 0.2) is 0 Å². The van der Waals surface area contributed by atoms with Gasteiger partial charge in [-0.15, -0.1) is 0 Å². The van der Waals surface area contributed by atoms with E-state index in [4.69, 9.17) is 0 Å². The number of piperidine rings is 1. The van der Waals surface area contributed by atoms with Gasteiger partial charge in [0.25, 0.3) is 5.91 Å². The smallest absolute Gasteiger partial charge is 0.254 e. The van der Waals surface area contributed by atoms with E-state index in [9.17, 15) is 13.2 Å². The summed E-state index contributed by atoms with van der Waals surface area (Å²) in [6.45, 7) is 2.72. The second-order valence-electron chi connectivity index (χ2n) is 6.21. The molecule has 1 aliphatic heterocycles. The molecule has 0 spiro atoms. The molecule has 0 atom stereocenters. The molecule has 0 bridgehead atoms. The van der Waals surface area contributed by atoms with Gasteiger partial charge >= 0.3 is 0 Å². The highest BCUT2D eigenvalue weighted by Gasteiger charge is 2.29. The first kappa shape index (κ1) is 18.5. The topological polar surface area (TPSA) is 92.3 Å². The average molecular weight is 374 g/mol. The highest BCUT2D eigenvalue weighted by Crippen LogP contribution is 2.20. The molecule has 1 saturated heterocycles. The van der Waals surface area contributed by atoms with Crippen LogP contribution in [0.3, 0.4) is 0 Å². The van der Waals surface area contributed by atoms with E-state index >= 15 is 0 Å². The zero-order chi connectivity index (χ0) is 18.6. The quantitative estimate of drug-likeness (QED) is 0.859. The van der Waals surface area contributed by atoms with Crippen molar-refractivity contribution in [3.8, 4) is 0 Å². The Bertz CT molecular complexity index is 846. The largest absolute Gasteiger partial charge is 0.349 e. The molecule has 8 heteroatoms. The second-order valence-corrected chi connectivity index (χ2v) is 8.14. The summed E-state index contributed by atoms with van der Waals surface area (Å²) in [4.78, 5) is 20.9. The van der Waals surface area contributed by atoms with Gasteiger partial charge in [0.2, 0.25) is 10.0 Å². The summed E-state index contributed by atoms with van der Waals surface area (Å²) in [5, 5.41) is 2.94. The van der Waals surface area contributed by atoms with Gasteiger partial charge in [-0.05, 0) is 25.0 Å². The minimum absolute atomic E-state index is 0.0597. The first-order valence-corrected chi connectivity index (χ1v) is 10.1. The van der Waals surface area contributed by atoms with E-state index in [1.807, 2.05) is 6.92 Å². The van der Waals surface area contributed by atoms with Crippen LogP contribution in [0, 0.1) is 0 Å². The van der Waals surface area contributed by atoms with Crippen LogP contribution in [0.25, 0.3) is 0 Å². The Balaban J connectivity index is 1.57. The van der Waals surface area contributed by atoms with Crippen LogP contribution in [-0.2, 0) is 16.4 Å². The number of rotatable bonds is 5. The molecule has 1 amide bonds. The van der Waals surface area contributed by atoms with Crippen molar-refractivity contribution in [1.82, 2.24) is 19.6 Å². The molecule has 0 saturated carbocycles. The van der Waals surface area contributed by atoms with E-state index in [0.29, 0.717) is 42.2 Å².